The molecule has 0 aromatic carbocycles. The summed E-state index contributed by atoms with van der Waals surface area (Å²) in [7, 11) is 0. The number of hydrogen-bond donors (Lipinski definition) is 2. The number of nitrogens with zero attached hydrogens (tertiary/aromatic N) is 2. The first-order valence-corrected chi connectivity index (χ1v) is 6.81. The molecule has 7 heteroatoms. The first kappa shape index (κ1) is 14.9. The highest BCUT2D eigenvalue weighted by atomic mass is 35.5. The van der Waals surface area contributed by atoms with E-state index in [9.17, 15) is 9.59 Å². The zero-order valence-electron chi connectivity index (χ0n) is 11.5. The standard InChI is InChI=1S/C13H18ClN3O3/c1-8(2)17-6-9(14)5-10(17)11(18)16-4-3-13(15,7-16)12(19)20/h5-6,8H,3-4,7,15H2,1-2H3,(H,19,20). The summed E-state index contributed by atoms with van der Waals surface area (Å²) >= 11 is 5.96. The molecule has 0 saturated carbocycles. The lowest BCUT2D eigenvalue weighted by atomic mass is 10.0. The van der Waals surface area contributed by atoms with Crippen LogP contribution < -0.4 is 5.73 Å². The van der Waals surface area contributed by atoms with Crippen LogP contribution in [0.25, 0.3) is 0 Å². The normalized spacial score (nSPS) is 22.6. The number of aromatic nitrogens is 1. The van der Waals surface area contributed by atoms with Crippen LogP contribution in [0.5, 0.6) is 0 Å². The summed E-state index contributed by atoms with van der Waals surface area (Å²) in [4.78, 5) is 25.1. The maximum absolute atomic E-state index is 12.5. The van der Waals surface area contributed by atoms with Gasteiger partial charge in [0.1, 0.15) is 11.2 Å². The highest BCUT2D eigenvalue weighted by Crippen LogP contribution is 2.24. The van der Waals surface area contributed by atoms with Gasteiger partial charge < -0.3 is 20.3 Å². The van der Waals surface area contributed by atoms with Crippen molar-refractivity contribution < 1.29 is 14.7 Å². The van der Waals surface area contributed by atoms with Gasteiger partial charge in [0.15, 0.2) is 0 Å². The van der Waals surface area contributed by atoms with E-state index >= 15 is 0 Å². The van der Waals surface area contributed by atoms with E-state index < -0.39 is 11.5 Å². The molecule has 1 aliphatic heterocycles. The molecule has 1 saturated heterocycles. The first-order valence-electron chi connectivity index (χ1n) is 6.43. The van der Waals surface area contributed by atoms with Crippen molar-refractivity contribution in [2.24, 2.45) is 5.73 Å². The van der Waals surface area contributed by atoms with Crippen LogP contribution in [-0.2, 0) is 4.79 Å². The van der Waals surface area contributed by atoms with Gasteiger partial charge in [-0.1, -0.05) is 11.6 Å². The number of carbonyl (C=O) groups is 2. The van der Waals surface area contributed by atoms with Crippen LogP contribution in [0.2, 0.25) is 5.02 Å². The molecular weight excluding hydrogens is 282 g/mol. The molecule has 0 bridgehead atoms. The van der Waals surface area contributed by atoms with Crippen LogP contribution in [0.15, 0.2) is 12.3 Å². The summed E-state index contributed by atoms with van der Waals surface area (Å²) in [6, 6.07) is 1.69. The topological polar surface area (TPSA) is 88.6 Å². The summed E-state index contributed by atoms with van der Waals surface area (Å²) in [6.07, 6.45) is 1.95. The average molecular weight is 300 g/mol. The number of hydrogen-bond acceptors (Lipinski definition) is 3. The van der Waals surface area contributed by atoms with Crippen LogP contribution in [-0.4, -0.2) is 45.1 Å². The zero-order valence-corrected chi connectivity index (χ0v) is 12.2. The molecule has 20 heavy (non-hydrogen) atoms. The Morgan fingerprint density at radius 2 is 2.15 bits per heavy atom. The van der Waals surface area contributed by atoms with Gasteiger partial charge in [0.05, 0.1) is 5.02 Å². The second kappa shape index (κ2) is 5.10. The molecule has 1 aliphatic rings. The highest BCUT2D eigenvalue weighted by Gasteiger charge is 2.43. The van der Waals surface area contributed by atoms with Crippen LogP contribution >= 0.6 is 11.6 Å². The second-order valence-corrected chi connectivity index (χ2v) is 5.92. The van der Waals surface area contributed by atoms with Gasteiger partial charge in [-0.15, -0.1) is 0 Å². The number of nitrogens with two attached hydrogens (primary N) is 1. The maximum atomic E-state index is 12.5. The Kier molecular flexibility index (Phi) is 3.80. The Morgan fingerprint density at radius 1 is 1.50 bits per heavy atom. The van der Waals surface area contributed by atoms with Crippen molar-refractivity contribution in [3.63, 3.8) is 0 Å². The predicted molar refractivity (Wildman–Crippen MR) is 74.9 cm³/mol. The lowest BCUT2D eigenvalue weighted by Crippen LogP contribution is -2.50. The average Bonchev–Trinajstić information content (AvgIpc) is 2.93. The van der Waals surface area contributed by atoms with E-state index in [0.717, 1.165) is 0 Å². The molecule has 0 aliphatic carbocycles. The van der Waals surface area contributed by atoms with Crippen molar-refractivity contribution >= 4 is 23.5 Å². The molecule has 1 amide bonds. The van der Waals surface area contributed by atoms with Gasteiger partial charge in [-0.2, -0.15) is 0 Å². The number of likely N-dealkylation sites (tertiary alicyclic amines) is 1. The van der Waals surface area contributed by atoms with Gasteiger partial charge in [0, 0.05) is 25.3 Å². The Morgan fingerprint density at radius 3 is 2.65 bits per heavy atom. The quantitative estimate of drug-likeness (QED) is 0.882. The van der Waals surface area contributed by atoms with Crippen LogP contribution in [0.3, 0.4) is 0 Å². The monoisotopic (exact) mass is 299 g/mol. The fraction of sp³-hybridized carbons (Fsp3) is 0.538. The van der Waals surface area contributed by atoms with Gasteiger partial charge >= 0.3 is 5.97 Å². The molecule has 1 atom stereocenters. The maximum Gasteiger partial charge on any atom is 0.325 e. The van der Waals surface area contributed by atoms with Gasteiger partial charge in [0.25, 0.3) is 5.91 Å². The van der Waals surface area contributed by atoms with Crippen molar-refractivity contribution in [2.45, 2.75) is 31.8 Å². The summed E-state index contributed by atoms with van der Waals surface area (Å²) in [5, 5.41) is 9.58. The number of halogens is 1. The van der Waals surface area contributed by atoms with Gasteiger partial charge in [-0.25, -0.2) is 0 Å². The summed E-state index contributed by atoms with van der Waals surface area (Å²) in [5.74, 6) is -1.32. The van der Waals surface area contributed by atoms with E-state index in [1.165, 1.54) is 4.90 Å². The minimum absolute atomic E-state index is 0.0159. The third-order valence-electron chi connectivity index (χ3n) is 3.60. The van der Waals surface area contributed by atoms with Gasteiger partial charge in [-0.05, 0) is 26.3 Å². The van der Waals surface area contributed by atoms with E-state index in [4.69, 9.17) is 22.4 Å². The van der Waals surface area contributed by atoms with E-state index in [0.29, 0.717) is 17.3 Å². The van der Waals surface area contributed by atoms with Crippen molar-refractivity contribution in [3.8, 4) is 0 Å². The largest absolute Gasteiger partial charge is 0.480 e. The molecule has 6 nitrogen and oxygen atoms in total. The van der Waals surface area contributed by atoms with Crippen LogP contribution in [0.1, 0.15) is 36.8 Å². The van der Waals surface area contributed by atoms with Crippen molar-refractivity contribution in [3.05, 3.63) is 23.0 Å². The molecule has 0 spiro atoms. The lowest BCUT2D eigenvalue weighted by molar-refractivity contribution is -0.142. The third-order valence-corrected chi connectivity index (χ3v) is 3.81. The highest BCUT2D eigenvalue weighted by molar-refractivity contribution is 6.31. The Hall–Kier alpha value is -1.53. The Labute approximate surface area is 122 Å². The predicted octanol–water partition coefficient (Wildman–Crippen LogP) is 1.35. The lowest BCUT2D eigenvalue weighted by Gasteiger charge is -2.21. The summed E-state index contributed by atoms with van der Waals surface area (Å²) in [6.45, 7) is 4.24. The second-order valence-electron chi connectivity index (χ2n) is 5.48. The van der Waals surface area contributed by atoms with Gasteiger partial charge in [-0.3, -0.25) is 9.59 Å². The molecule has 0 radical (unpaired) electrons. The van der Waals surface area contributed by atoms with Crippen molar-refractivity contribution in [1.29, 1.82) is 0 Å². The first-order chi connectivity index (χ1) is 9.24. The Balaban J connectivity index is 2.24. The third kappa shape index (κ3) is 2.53. The zero-order chi connectivity index (χ0) is 15.1. The number of carbonyl (C=O) groups excluding carboxylic acids is 1. The smallest absolute Gasteiger partial charge is 0.325 e. The van der Waals surface area contributed by atoms with Gasteiger partial charge in [0.2, 0.25) is 0 Å². The van der Waals surface area contributed by atoms with Crippen molar-refractivity contribution in [2.75, 3.05) is 13.1 Å². The summed E-state index contributed by atoms with van der Waals surface area (Å²) in [5.41, 5.74) is 4.89. The van der Waals surface area contributed by atoms with E-state index in [1.54, 1.807) is 16.8 Å². The molecule has 110 valence electrons. The molecule has 1 aromatic heterocycles. The fourth-order valence-electron chi connectivity index (χ4n) is 2.39. The number of carboxylic acid groups (broad SMARTS) is 1. The molecule has 1 aromatic rings. The van der Waals surface area contributed by atoms with E-state index in [-0.39, 0.29) is 24.9 Å². The van der Waals surface area contributed by atoms with E-state index in [2.05, 4.69) is 0 Å². The van der Waals surface area contributed by atoms with Crippen LogP contribution in [0, 0.1) is 0 Å². The van der Waals surface area contributed by atoms with E-state index in [1.807, 2.05) is 13.8 Å². The molecular formula is C13H18ClN3O3. The molecule has 3 N–H and O–H groups in total. The number of carboxylic acids is 1. The molecule has 2 heterocycles. The minimum atomic E-state index is -1.35. The number of amides is 1. The summed E-state index contributed by atoms with van der Waals surface area (Å²) < 4.78 is 1.78. The number of aliphatic carboxylic acids is 1. The Bertz CT molecular complexity index is 555. The number of rotatable bonds is 3. The van der Waals surface area contributed by atoms with Crippen LogP contribution in [0.4, 0.5) is 0 Å². The molecule has 1 fully saturated rings. The van der Waals surface area contributed by atoms with Crippen molar-refractivity contribution in [1.82, 2.24) is 9.47 Å². The SMILES string of the molecule is CC(C)n1cc(Cl)cc1C(=O)N1CCC(N)(C(=O)O)C1. The fourth-order valence-corrected chi connectivity index (χ4v) is 2.60. The molecule has 1 unspecified atom stereocenters. The molecule has 2 rings (SSSR count). The minimum Gasteiger partial charge on any atom is -0.480 e.